The highest BCUT2D eigenvalue weighted by atomic mass is 32.2. The Morgan fingerprint density at radius 1 is 0.509 bits per heavy atom. The van der Waals surface area contributed by atoms with Gasteiger partial charge in [-0.1, -0.05) is 123 Å². The Hall–Kier alpha value is -4.68. The summed E-state index contributed by atoms with van der Waals surface area (Å²) in [5.41, 5.74) is 11.7. The van der Waals surface area contributed by atoms with Crippen LogP contribution in [0.4, 0.5) is 22.7 Å². The van der Waals surface area contributed by atoms with E-state index >= 15 is 0 Å². The first kappa shape index (κ1) is 34.1. The van der Waals surface area contributed by atoms with Crippen molar-refractivity contribution in [3.63, 3.8) is 0 Å². The van der Waals surface area contributed by atoms with Crippen LogP contribution < -0.4 is 9.18 Å². The van der Waals surface area contributed by atoms with Crippen LogP contribution >= 0.6 is 11.8 Å². The molecule has 1 unspecified atom stereocenters. The highest BCUT2D eigenvalue weighted by Crippen LogP contribution is 2.75. The Balaban J connectivity index is 1.18. The second-order valence-corrected chi connectivity index (χ2v) is 19.2. The lowest BCUT2D eigenvalue weighted by atomic mass is 9.86. The molecule has 2 aromatic heterocycles. The summed E-state index contributed by atoms with van der Waals surface area (Å²) in [6.07, 6.45) is 1.96. The average Bonchev–Trinajstić information content (AvgIpc) is 3.61. The van der Waals surface area contributed by atoms with Gasteiger partial charge < -0.3 is 0 Å². The molecule has 5 heteroatoms. The van der Waals surface area contributed by atoms with Gasteiger partial charge in [0.25, 0.3) is 0 Å². The molecule has 266 valence electrons. The van der Waals surface area contributed by atoms with Crippen LogP contribution in [0, 0.1) is 6.67 Å². The minimum absolute atomic E-state index is 0.0219. The third kappa shape index (κ3) is 5.15. The molecule has 4 nitrogen and oxygen atoms in total. The zero-order valence-electron chi connectivity index (χ0n) is 32.4. The first-order valence-corrected chi connectivity index (χ1v) is 19.6. The minimum Gasteiger partial charge on any atom is -0.294 e. The molecule has 5 aromatic carbocycles. The number of hydrogen-bond donors (Lipinski definition) is 0. The molecule has 1 fully saturated rings. The van der Waals surface area contributed by atoms with Crippen molar-refractivity contribution in [2.75, 3.05) is 0 Å². The van der Waals surface area contributed by atoms with Crippen LogP contribution in [0.5, 0.6) is 0 Å². The molecule has 0 amide bonds. The van der Waals surface area contributed by atoms with Crippen molar-refractivity contribution in [1.82, 2.24) is 18.7 Å². The zero-order chi connectivity index (χ0) is 37.1. The fraction of sp³-hybridized carbons (Fsp3) is 0.250. The van der Waals surface area contributed by atoms with Gasteiger partial charge in [-0.05, 0) is 69.3 Å². The Bertz CT molecular complexity index is 2590. The summed E-state index contributed by atoms with van der Waals surface area (Å²) in [6, 6.07) is 45.6. The fourth-order valence-corrected chi connectivity index (χ4v) is 9.26. The first-order chi connectivity index (χ1) is 25.1. The predicted octanol–water partition coefficient (Wildman–Crippen LogP) is 13.6. The van der Waals surface area contributed by atoms with Crippen LogP contribution in [-0.2, 0) is 16.2 Å². The van der Waals surface area contributed by atoms with Crippen LogP contribution in [-0.4, -0.2) is 9.55 Å². The number of rotatable bonds is 5. The molecule has 1 saturated heterocycles. The molecule has 2 aliphatic rings. The zero-order valence-corrected chi connectivity index (χ0v) is 33.2. The van der Waals surface area contributed by atoms with E-state index in [1.807, 2.05) is 18.0 Å². The lowest BCUT2D eigenvalue weighted by Crippen LogP contribution is -2.46. The molecule has 2 atom stereocenters. The average molecular weight is 714 g/mol. The first-order valence-electron chi connectivity index (χ1n) is 18.8. The summed E-state index contributed by atoms with van der Waals surface area (Å²) < 4.78 is 3.76. The lowest BCUT2D eigenvalue weighted by Gasteiger charge is -2.40. The van der Waals surface area contributed by atoms with Gasteiger partial charge in [-0.2, -0.15) is 9.18 Å². The number of pyridine rings is 1. The second-order valence-electron chi connectivity index (χ2n) is 18.0. The second kappa shape index (κ2) is 11.4. The smallest absolute Gasteiger partial charge is 0.225 e. The van der Waals surface area contributed by atoms with Gasteiger partial charge in [0.15, 0.2) is 18.0 Å². The van der Waals surface area contributed by atoms with E-state index in [-0.39, 0.29) is 16.2 Å². The molecule has 0 saturated carbocycles. The molecule has 53 heavy (non-hydrogen) atoms. The van der Waals surface area contributed by atoms with Crippen molar-refractivity contribution in [2.45, 2.75) is 88.3 Å². The maximum absolute atomic E-state index is 4.92. The van der Waals surface area contributed by atoms with Gasteiger partial charge in [-0.3, -0.25) is 4.57 Å². The predicted molar refractivity (Wildman–Crippen MR) is 225 cm³/mol. The SMILES string of the molecule is CC(C)(C)c1cc(Sc2ccc3c4ccccc4n(-c4cc(C(C)(C)C)ccn4)c3c2)cc([N+]23[CH-][N@+]2(c2cccc(C(C)(C)C)c2)c2ccccc23)c1. The molecular weight excluding hydrogens is 665 g/mol. The van der Waals surface area contributed by atoms with Gasteiger partial charge in [0.2, 0.25) is 11.4 Å². The number of aromatic nitrogens is 2. The van der Waals surface area contributed by atoms with Gasteiger partial charge >= 0.3 is 0 Å². The van der Waals surface area contributed by atoms with Crippen LogP contribution in [0.2, 0.25) is 0 Å². The summed E-state index contributed by atoms with van der Waals surface area (Å²) in [4.78, 5) is 7.39. The van der Waals surface area contributed by atoms with E-state index in [2.05, 4.69) is 195 Å². The number of nitrogens with zero attached hydrogens (tertiary/aromatic N) is 4. The van der Waals surface area contributed by atoms with Gasteiger partial charge in [0, 0.05) is 63.2 Å². The van der Waals surface area contributed by atoms with E-state index in [9.17, 15) is 0 Å². The Kier molecular flexibility index (Phi) is 7.34. The molecule has 0 N–H and O–H groups in total. The van der Waals surface area contributed by atoms with Crippen molar-refractivity contribution >= 4 is 56.3 Å². The molecule has 0 aliphatic carbocycles. The lowest BCUT2D eigenvalue weighted by molar-refractivity contribution is 0.425. The van der Waals surface area contributed by atoms with Gasteiger partial charge in [-0.25, -0.2) is 4.98 Å². The highest BCUT2D eigenvalue weighted by molar-refractivity contribution is 7.99. The normalized spacial score (nSPS) is 19.6. The molecule has 7 aromatic rings. The van der Waals surface area contributed by atoms with Crippen LogP contribution in [0.15, 0.2) is 137 Å². The van der Waals surface area contributed by atoms with Gasteiger partial charge in [0.05, 0.1) is 11.0 Å². The number of quaternary nitrogens is 2. The number of para-hydroxylation sites is 3. The van der Waals surface area contributed by atoms with Crippen LogP contribution in [0.3, 0.4) is 0 Å². The molecule has 4 heterocycles. The maximum Gasteiger partial charge on any atom is 0.225 e. The van der Waals surface area contributed by atoms with Crippen LogP contribution in [0.1, 0.15) is 79.0 Å². The van der Waals surface area contributed by atoms with Crippen molar-refractivity contribution in [2.24, 2.45) is 0 Å². The van der Waals surface area contributed by atoms with E-state index in [0.717, 1.165) is 5.82 Å². The van der Waals surface area contributed by atoms with Crippen molar-refractivity contribution < 1.29 is 0 Å². The molecule has 9 rings (SSSR count). The molecule has 0 radical (unpaired) electrons. The van der Waals surface area contributed by atoms with Crippen molar-refractivity contribution in [3.05, 3.63) is 151 Å². The molecular formula is C48H49N4S+. The van der Waals surface area contributed by atoms with E-state index in [0.29, 0.717) is 9.18 Å². The summed E-state index contributed by atoms with van der Waals surface area (Å²) >= 11 is 1.85. The van der Waals surface area contributed by atoms with Gasteiger partial charge in [0.1, 0.15) is 5.82 Å². The monoisotopic (exact) mass is 713 g/mol. The van der Waals surface area contributed by atoms with Gasteiger partial charge in [-0.15, -0.1) is 0 Å². The summed E-state index contributed by atoms with van der Waals surface area (Å²) in [7, 11) is 0. The Labute approximate surface area is 318 Å². The van der Waals surface area contributed by atoms with E-state index in [1.165, 1.54) is 71.0 Å². The number of benzene rings is 5. The molecule has 2 aliphatic heterocycles. The topological polar surface area (TPSA) is 17.8 Å². The highest BCUT2D eigenvalue weighted by Gasteiger charge is 2.77. The van der Waals surface area contributed by atoms with Crippen LogP contribution in [0.25, 0.3) is 27.6 Å². The Morgan fingerprint density at radius 2 is 1.13 bits per heavy atom. The van der Waals surface area contributed by atoms with Crippen molar-refractivity contribution in [3.8, 4) is 5.82 Å². The van der Waals surface area contributed by atoms with Crippen molar-refractivity contribution in [1.29, 1.82) is 0 Å². The summed E-state index contributed by atoms with van der Waals surface area (Å²) in [5.74, 6) is 0.955. The third-order valence-electron chi connectivity index (χ3n) is 11.4. The molecule has 0 bridgehead atoms. The van der Waals surface area contributed by atoms with E-state index < -0.39 is 0 Å². The third-order valence-corrected chi connectivity index (χ3v) is 12.3. The van der Waals surface area contributed by atoms with E-state index in [1.54, 1.807) is 0 Å². The largest absolute Gasteiger partial charge is 0.294 e. The minimum atomic E-state index is -0.0219. The standard InChI is InChI=1S/C48H49N4S/c1-46(2,3)32-15-14-16-35(25-32)51-31-52(51,44-20-13-12-19-43(44)51)36-26-34(48(7,8)9)27-38(29-36)53-37-21-22-40-39-17-10-11-18-41(39)50(42(40)30-37)45-28-33(23-24-49-45)47(4,5)6/h10-31H,1-9H3/q+1/t51-,52?/m0/s1. The number of fused-ring (bicyclic) bond motifs is 7. The van der Waals surface area contributed by atoms with E-state index in [4.69, 9.17) is 4.98 Å². The Morgan fingerprint density at radius 3 is 1.85 bits per heavy atom. The fourth-order valence-electron chi connectivity index (χ4n) is 8.32. The molecule has 0 spiro atoms. The maximum atomic E-state index is 4.92. The summed E-state index contributed by atoms with van der Waals surface area (Å²) in [5, 5.41) is 2.49. The quantitative estimate of drug-likeness (QED) is 0.100. The summed E-state index contributed by atoms with van der Waals surface area (Å²) in [6.45, 7) is 23.2. The number of hydrogen-bond acceptors (Lipinski definition) is 2.